The maximum absolute atomic E-state index is 5.67. The Bertz CT molecular complexity index is 506. The van der Waals surface area contributed by atoms with Gasteiger partial charge in [-0.25, -0.2) is 0 Å². The first-order valence-corrected chi connectivity index (χ1v) is 7.09. The van der Waals surface area contributed by atoms with Gasteiger partial charge < -0.3 is 15.8 Å². The van der Waals surface area contributed by atoms with Crippen LogP contribution in [0.4, 0.5) is 11.4 Å². The Morgan fingerprint density at radius 3 is 2.35 bits per heavy atom. The molecule has 0 aliphatic rings. The zero-order valence-electron chi connectivity index (χ0n) is 11.9. The summed E-state index contributed by atoms with van der Waals surface area (Å²) >= 11 is 0. The van der Waals surface area contributed by atoms with Crippen LogP contribution in [0.3, 0.4) is 0 Å². The van der Waals surface area contributed by atoms with Gasteiger partial charge in [-0.15, -0.1) is 0 Å². The minimum atomic E-state index is 0.786. The Morgan fingerprint density at radius 2 is 1.70 bits per heavy atom. The van der Waals surface area contributed by atoms with Crippen molar-refractivity contribution in [3.8, 4) is 5.75 Å². The van der Waals surface area contributed by atoms with Crippen molar-refractivity contribution in [2.75, 3.05) is 17.7 Å². The minimum Gasteiger partial charge on any atom is -0.494 e. The van der Waals surface area contributed by atoms with Crippen molar-refractivity contribution in [2.45, 2.75) is 26.3 Å². The summed E-state index contributed by atoms with van der Waals surface area (Å²) in [5.74, 6) is 0.927. The van der Waals surface area contributed by atoms with Gasteiger partial charge in [0.2, 0.25) is 0 Å². The third-order valence-corrected chi connectivity index (χ3v) is 3.10. The van der Waals surface area contributed by atoms with Crippen LogP contribution in [0.5, 0.6) is 5.75 Å². The number of nitrogens with one attached hydrogen (secondary N) is 1. The van der Waals surface area contributed by atoms with E-state index in [1.807, 2.05) is 48.5 Å². The van der Waals surface area contributed by atoms with Crippen molar-refractivity contribution in [3.05, 3.63) is 54.1 Å². The first kappa shape index (κ1) is 14.3. The molecule has 2 aromatic rings. The highest BCUT2D eigenvalue weighted by molar-refractivity contribution is 5.47. The fourth-order valence-corrected chi connectivity index (χ4v) is 1.84. The van der Waals surface area contributed by atoms with Gasteiger partial charge in [-0.1, -0.05) is 25.5 Å². The van der Waals surface area contributed by atoms with Gasteiger partial charge in [-0.05, 0) is 48.4 Å². The summed E-state index contributed by atoms with van der Waals surface area (Å²) in [4.78, 5) is 0. The highest BCUT2D eigenvalue weighted by atomic mass is 16.5. The number of hydrogen-bond donors (Lipinski definition) is 2. The van der Waals surface area contributed by atoms with Crippen LogP contribution in [0.15, 0.2) is 48.5 Å². The van der Waals surface area contributed by atoms with Crippen LogP contribution < -0.4 is 15.8 Å². The fourth-order valence-electron chi connectivity index (χ4n) is 1.84. The first-order chi connectivity index (χ1) is 9.78. The van der Waals surface area contributed by atoms with Crippen molar-refractivity contribution in [3.63, 3.8) is 0 Å². The van der Waals surface area contributed by atoms with Crippen molar-refractivity contribution in [1.82, 2.24) is 0 Å². The van der Waals surface area contributed by atoms with E-state index in [9.17, 15) is 0 Å². The second-order valence-corrected chi connectivity index (χ2v) is 4.82. The molecule has 0 atom stereocenters. The van der Waals surface area contributed by atoms with Crippen molar-refractivity contribution in [2.24, 2.45) is 0 Å². The van der Waals surface area contributed by atoms with Gasteiger partial charge in [0.15, 0.2) is 0 Å². The van der Waals surface area contributed by atoms with Gasteiger partial charge in [0, 0.05) is 17.9 Å². The maximum Gasteiger partial charge on any atom is 0.119 e. The smallest absolute Gasteiger partial charge is 0.119 e. The van der Waals surface area contributed by atoms with Crippen LogP contribution in [-0.2, 0) is 6.54 Å². The van der Waals surface area contributed by atoms with Gasteiger partial charge >= 0.3 is 0 Å². The van der Waals surface area contributed by atoms with Crippen LogP contribution >= 0.6 is 0 Å². The molecule has 0 aliphatic carbocycles. The second-order valence-electron chi connectivity index (χ2n) is 4.82. The van der Waals surface area contributed by atoms with E-state index in [0.717, 1.165) is 43.1 Å². The lowest BCUT2D eigenvalue weighted by atomic mass is 10.2. The third-order valence-electron chi connectivity index (χ3n) is 3.10. The van der Waals surface area contributed by atoms with Gasteiger partial charge in [0.1, 0.15) is 5.75 Å². The summed E-state index contributed by atoms with van der Waals surface area (Å²) in [5, 5.41) is 3.38. The van der Waals surface area contributed by atoms with Gasteiger partial charge in [-0.3, -0.25) is 0 Å². The zero-order valence-corrected chi connectivity index (χ0v) is 11.9. The van der Waals surface area contributed by atoms with Crippen molar-refractivity contribution >= 4 is 11.4 Å². The Kier molecular flexibility index (Phi) is 5.30. The lowest BCUT2D eigenvalue weighted by Gasteiger charge is -2.09. The zero-order chi connectivity index (χ0) is 14.2. The van der Waals surface area contributed by atoms with E-state index >= 15 is 0 Å². The van der Waals surface area contributed by atoms with E-state index in [1.54, 1.807) is 0 Å². The number of rotatable bonds is 7. The average molecular weight is 270 g/mol. The molecule has 2 rings (SSSR count). The second kappa shape index (κ2) is 7.43. The Balaban J connectivity index is 1.82. The molecule has 3 heteroatoms. The molecule has 0 unspecified atom stereocenters. The van der Waals surface area contributed by atoms with Crippen LogP contribution in [0.1, 0.15) is 25.3 Å². The molecule has 0 aliphatic heterocycles. The number of benzene rings is 2. The van der Waals surface area contributed by atoms with Crippen molar-refractivity contribution in [1.29, 1.82) is 0 Å². The molecule has 0 bridgehead atoms. The molecule has 0 amide bonds. The predicted octanol–water partition coefficient (Wildman–Crippen LogP) is 4.06. The minimum absolute atomic E-state index is 0.786. The van der Waals surface area contributed by atoms with Crippen LogP contribution in [0.25, 0.3) is 0 Å². The SMILES string of the molecule is CCCCOc1ccc(NCc2ccc(N)cc2)cc1. The van der Waals surface area contributed by atoms with Crippen LogP contribution in [0.2, 0.25) is 0 Å². The fraction of sp³-hybridized carbons (Fsp3) is 0.294. The monoisotopic (exact) mass is 270 g/mol. The van der Waals surface area contributed by atoms with Crippen molar-refractivity contribution < 1.29 is 4.74 Å². The molecule has 3 N–H and O–H groups in total. The summed E-state index contributed by atoms with van der Waals surface area (Å²) in [6.07, 6.45) is 2.25. The molecule has 2 aromatic carbocycles. The maximum atomic E-state index is 5.67. The van der Waals surface area contributed by atoms with E-state index in [0.29, 0.717) is 0 Å². The number of unbranched alkanes of at least 4 members (excludes halogenated alkanes) is 1. The molecular weight excluding hydrogens is 248 g/mol. The largest absolute Gasteiger partial charge is 0.494 e. The molecule has 0 heterocycles. The molecule has 0 saturated carbocycles. The quantitative estimate of drug-likeness (QED) is 0.589. The van der Waals surface area contributed by atoms with Gasteiger partial charge in [0.05, 0.1) is 6.61 Å². The first-order valence-electron chi connectivity index (χ1n) is 7.09. The summed E-state index contributed by atoms with van der Waals surface area (Å²) < 4.78 is 5.64. The normalized spacial score (nSPS) is 10.2. The lowest BCUT2D eigenvalue weighted by molar-refractivity contribution is 0.309. The summed E-state index contributed by atoms with van der Waals surface area (Å²) in [6.45, 7) is 3.73. The molecule has 0 radical (unpaired) electrons. The molecule has 3 nitrogen and oxygen atoms in total. The van der Waals surface area contributed by atoms with E-state index in [2.05, 4.69) is 12.2 Å². The summed E-state index contributed by atoms with van der Waals surface area (Å²) in [6, 6.07) is 16.0. The average Bonchev–Trinajstić information content (AvgIpc) is 2.48. The van der Waals surface area contributed by atoms with E-state index < -0.39 is 0 Å². The number of anilines is 2. The number of nitrogens with two attached hydrogens (primary N) is 1. The van der Waals surface area contributed by atoms with Crippen LogP contribution in [-0.4, -0.2) is 6.61 Å². The highest BCUT2D eigenvalue weighted by Crippen LogP contribution is 2.17. The molecule has 0 spiro atoms. The Morgan fingerprint density at radius 1 is 1.00 bits per heavy atom. The van der Waals surface area contributed by atoms with E-state index in [4.69, 9.17) is 10.5 Å². The highest BCUT2D eigenvalue weighted by Gasteiger charge is 1.96. The number of ether oxygens (including phenoxy) is 1. The predicted molar refractivity (Wildman–Crippen MR) is 85.0 cm³/mol. The molecule has 0 saturated heterocycles. The topological polar surface area (TPSA) is 47.3 Å². The summed E-state index contributed by atoms with van der Waals surface area (Å²) in [5.41, 5.74) is 8.76. The molecular formula is C17H22N2O. The molecule has 0 aromatic heterocycles. The van der Waals surface area contributed by atoms with Gasteiger partial charge in [0.25, 0.3) is 0 Å². The third kappa shape index (κ3) is 4.50. The lowest BCUT2D eigenvalue weighted by Crippen LogP contribution is -2.00. The van der Waals surface area contributed by atoms with E-state index in [-0.39, 0.29) is 0 Å². The number of hydrogen-bond acceptors (Lipinski definition) is 3. The standard InChI is InChI=1S/C17H22N2O/c1-2-3-12-20-17-10-8-16(9-11-17)19-13-14-4-6-15(18)7-5-14/h4-11,19H,2-3,12-13,18H2,1H3. The molecule has 106 valence electrons. The number of nitrogen functional groups attached to an aromatic ring is 1. The molecule has 0 fully saturated rings. The van der Waals surface area contributed by atoms with Crippen LogP contribution in [0, 0.1) is 0 Å². The Labute approximate surface area is 120 Å². The van der Waals surface area contributed by atoms with Gasteiger partial charge in [-0.2, -0.15) is 0 Å². The van der Waals surface area contributed by atoms with E-state index in [1.165, 1.54) is 5.56 Å². The Hall–Kier alpha value is -2.16. The summed E-state index contributed by atoms with van der Waals surface area (Å²) in [7, 11) is 0. The molecule has 20 heavy (non-hydrogen) atoms.